The van der Waals surface area contributed by atoms with Gasteiger partial charge < -0.3 is 4.90 Å². The first-order valence-electron chi connectivity index (χ1n) is 10.8. The van der Waals surface area contributed by atoms with E-state index in [1.807, 2.05) is 24.4 Å². The molecule has 1 fully saturated rings. The predicted octanol–water partition coefficient (Wildman–Crippen LogP) is 4.03. The van der Waals surface area contributed by atoms with E-state index in [4.69, 9.17) is 0 Å². The second-order valence-electron chi connectivity index (χ2n) is 8.12. The Morgan fingerprint density at radius 3 is 2.24 bits per heavy atom. The summed E-state index contributed by atoms with van der Waals surface area (Å²) in [5.41, 5.74) is 0.795. The number of sulfonamides is 1. The number of piperazine rings is 1. The Morgan fingerprint density at radius 1 is 1.03 bits per heavy atom. The maximum absolute atomic E-state index is 13.3. The lowest BCUT2D eigenvalue weighted by Gasteiger charge is -2.42. The number of thiophene rings is 1. The number of halogens is 1. The van der Waals surface area contributed by atoms with Crippen LogP contribution in [0.4, 0.5) is 15.8 Å². The Morgan fingerprint density at radius 2 is 1.68 bits per heavy atom. The summed E-state index contributed by atoms with van der Waals surface area (Å²) in [6.07, 6.45) is 0. The van der Waals surface area contributed by atoms with Crippen molar-refractivity contribution in [1.29, 1.82) is 0 Å². The molecule has 2 aromatic carbocycles. The maximum Gasteiger partial charge on any atom is 0.269 e. The second kappa shape index (κ2) is 10.2. The molecule has 1 saturated heterocycles. The van der Waals surface area contributed by atoms with Crippen molar-refractivity contribution < 1.29 is 17.7 Å². The van der Waals surface area contributed by atoms with Gasteiger partial charge in [-0.15, -0.1) is 11.3 Å². The zero-order valence-electron chi connectivity index (χ0n) is 18.5. The van der Waals surface area contributed by atoms with Gasteiger partial charge in [0.2, 0.25) is 10.0 Å². The Bertz CT molecular complexity index is 1210. The van der Waals surface area contributed by atoms with E-state index in [2.05, 4.69) is 14.5 Å². The van der Waals surface area contributed by atoms with Crippen LogP contribution < -0.4 is 9.62 Å². The zero-order chi connectivity index (χ0) is 24.3. The van der Waals surface area contributed by atoms with Gasteiger partial charge in [-0.25, -0.2) is 17.5 Å². The van der Waals surface area contributed by atoms with E-state index in [9.17, 15) is 22.9 Å². The van der Waals surface area contributed by atoms with Crippen LogP contribution in [-0.4, -0.2) is 50.5 Å². The number of hydrogen-bond acceptors (Lipinski definition) is 7. The van der Waals surface area contributed by atoms with Gasteiger partial charge in [-0.3, -0.25) is 15.0 Å². The van der Waals surface area contributed by atoms with Gasteiger partial charge in [0, 0.05) is 54.9 Å². The molecule has 34 heavy (non-hydrogen) atoms. The van der Waals surface area contributed by atoms with Crippen molar-refractivity contribution in [2.45, 2.75) is 23.9 Å². The highest BCUT2D eigenvalue weighted by Crippen LogP contribution is 2.31. The first kappa shape index (κ1) is 24.3. The fraction of sp³-hybridized carbons (Fsp3) is 0.304. The molecule has 0 radical (unpaired) electrons. The van der Waals surface area contributed by atoms with Crippen LogP contribution in [0.5, 0.6) is 0 Å². The number of rotatable bonds is 8. The molecule has 0 saturated carbocycles. The Labute approximate surface area is 201 Å². The van der Waals surface area contributed by atoms with E-state index in [0.717, 1.165) is 23.7 Å². The van der Waals surface area contributed by atoms with Gasteiger partial charge in [0.25, 0.3) is 5.69 Å². The summed E-state index contributed by atoms with van der Waals surface area (Å²) in [4.78, 5) is 15.8. The van der Waals surface area contributed by atoms with E-state index >= 15 is 0 Å². The first-order chi connectivity index (χ1) is 16.2. The van der Waals surface area contributed by atoms with Crippen LogP contribution in [0.25, 0.3) is 0 Å². The normalized spacial score (nSPS) is 16.8. The van der Waals surface area contributed by atoms with Gasteiger partial charge in [0.05, 0.1) is 15.9 Å². The van der Waals surface area contributed by atoms with E-state index in [1.54, 1.807) is 23.5 Å². The van der Waals surface area contributed by atoms with Crippen LogP contribution in [-0.2, 0) is 10.0 Å². The van der Waals surface area contributed by atoms with Crippen LogP contribution >= 0.6 is 11.3 Å². The SMILES string of the molecule is C[C@@H](NS(=O)(=O)c1ccc([N+](=O)[O-])cc1)[C@H](c1cccs1)N1CCN(c2ccc(F)cc2)CC1. The minimum absolute atomic E-state index is 0.0176. The summed E-state index contributed by atoms with van der Waals surface area (Å²) in [7, 11) is -3.88. The molecule has 180 valence electrons. The molecule has 4 rings (SSSR count). The maximum atomic E-state index is 13.3. The summed E-state index contributed by atoms with van der Waals surface area (Å²) in [5.74, 6) is -0.269. The molecule has 0 amide bonds. The van der Waals surface area contributed by atoms with E-state index in [-0.39, 0.29) is 22.4 Å². The van der Waals surface area contributed by atoms with Crippen LogP contribution in [0.15, 0.2) is 70.9 Å². The molecule has 0 spiro atoms. The molecular weight excluding hydrogens is 479 g/mol. The third-order valence-electron chi connectivity index (χ3n) is 5.91. The van der Waals surface area contributed by atoms with Crippen molar-refractivity contribution in [2.75, 3.05) is 31.1 Å². The average Bonchev–Trinajstić information content (AvgIpc) is 3.34. The van der Waals surface area contributed by atoms with Crippen molar-refractivity contribution in [3.05, 3.63) is 86.9 Å². The zero-order valence-corrected chi connectivity index (χ0v) is 20.1. The number of nitro groups is 1. The number of hydrogen-bond donors (Lipinski definition) is 1. The number of benzene rings is 2. The predicted molar refractivity (Wildman–Crippen MR) is 130 cm³/mol. The van der Waals surface area contributed by atoms with E-state index < -0.39 is 21.0 Å². The standard InChI is InChI=1S/C23H25FN4O4S2/c1-17(25-34(31,32)21-10-8-20(9-11-21)28(29)30)23(22-3-2-16-33-22)27-14-12-26(13-15-27)19-6-4-18(24)5-7-19/h2-11,16-17,23,25H,12-15H2,1H3/t17-,23-/m1/s1. The van der Waals surface area contributed by atoms with Crippen LogP contribution in [0.1, 0.15) is 17.8 Å². The van der Waals surface area contributed by atoms with Crippen LogP contribution in [0, 0.1) is 15.9 Å². The summed E-state index contributed by atoms with van der Waals surface area (Å²) in [6, 6.07) is 14.6. The summed E-state index contributed by atoms with van der Waals surface area (Å²) in [6.45, 7) is 4.72. The van der Waals surface area contributed by atoms with Gasteiger partial charge in [-0.05, 0) is 54.8 Å². The topological polar surface area (TPSA) is 95.8 Å². The highest BCUT2D eigenvalue weighted by atomic mass is 32.2. The highest BCUT2D eigenvalue weighted by molar-refractivity contribution is 7.89. The molecule has 8 nitrogen and oxygen atoms in total. The van der Waals surface area contributed by atoms with Gasteiger partial charge in [-0.1, -0.05) is 6.07 Å². The highest BCUT2D eigenvalue weighted by Gasteiger charge is 2.32. The largest absolute Gasteiger partial charge is 0.369 e. The van der Waals surface area contributed by atoms with Gasteiger partial charge in [0.1, 0.15) is 5.82 Å². The number of anilines is 1. The molecule has 1 N–H and O–H groups in total. The Kier molecular flexibility index (Phi) is 7.27. The van der Waals surface area contributed by atoms with Gasteiger partial charge in [0.15, 0.2) is 0 Å². The first-order valence-corrected chi connectivity index (χ1v) is 13.2. The fourth-order valence-corrected chi connectivity index (χ4v) is 6.45. The Balaban J connectivity index is 1.49. The van der Waals surface area contributed by atoms with Crippen molar-refractivity contribution in [3.63, 3.8) is 0 Å². The molecule has 0 unspecified atom stereocenters. The molecule has 3 aromatic rings. The lowest BCUT2D eigenvalue weighted by atomic mass is 10.1. The molecule has 1 aliphatic heterocycles. The minimum Gasteiger partial charge on any atom is -0.369 e. The van der Waals surface area contributed by atoms with Gasteiger partial charge in [-0.2, -0.15) is 0 Å². The van der Waals surface area contributed by atoms with Crippen LogP contribution in [0.3, 0.4) is 0 Å². The number of non-ortho nitro benzene ring substituents is 1. The monoisotopic (exact) mass is 504 g/mol. The van der Waals surface area contributed by atoms with Crippen molar-refractivity contribution >= 4 is 32.7 Å². The van der Waals surface area contributed by atoms with Crippen molar-refractivity contribution in [3.8, 4) is 0 Å². The summed E-state index contributed by atoms with van der Waals surface area (Å²) >= 11 is 1.57. The second-order valence-corrected chi connectivity index (χ2v) is 10.8. The van der Waals surface area contributed by atoms with E-state index in [0.29, 0.717) is 13.1 Å². The van der Waals surface area contributed by atoms with Crippen molar-refractivity contribution in [2.24, 2.45) is 0 Å². The van der Waals surface area contributed by atoms with Crippen molar-refractivity contribution in [1.82, 2.24) is 9.62 Å². The molecular formula is C23H25FN4O4S2. The lowest BCUT2D eigenvalue weighted by molar-refractivity contribution is -0.384. The molecule has 2 atom stereocenters. The van der Waals surface area contributed by atoms with E-state index in [1.165, 1.54) is 36.4 Å². The minimum atomic E-state index is -3.88. The third-order valence-corrected chi connectivity index (χ3v) is 8.42. The quantitative estimate of drug-likeness (QED) is 0.368. The summed E-state index contributed by atoms with van der Waals surface area (Å²) < 4.78 is 42.1. The number of nitro benzene ring substituents is 1. The number of nitrogens with zero attached hydrogens (tertiary/aromatic N) is 3. The molecule has 0 aliphatic carbocycles. The smallest absolute Gasteiger partial charge is 0.269 e. The van der Waals surface area contributed by atoms with Gasteiger partial charge >= 0.3 is 0 Å². The van der Waals surface area contributed by atoms with Crippen LogP contribution in [0.2, 0.25) is 0 Å². The Hall–Kier alpha value is -2.86. The molecule has 0 bridgehead atoms. The molecule has 2 heterocycles. The third kappa shape index (κ3) is 5.44. The fourth-order valence-electron chi connectivity index (χ4n) is 4.24. The number of nitrogens with one attached hydrogen (secondary N) is 1. The lowest BCUT2D eigenvalue weighted by Crippen LogP contribution is -2.52. The molecule has 1 aliphatic rings. The summed E-state index contributed by atoms with van der Waals surface area (Å²) in [5, 5.41) is 12.8. The molecule has 11 heteroatoms. The average molecular weight is 505 g/mol. The molecule has 1 aromatic heterocycles.